The van der Waals surface area contributed by atoms with E-state index >= 15 is 0 Å². The van der Waals surface area contributed by atoms with Crippen molar-refractivity contribution >= 4 is 23.5 Å². The first kappa shape index (κ1) is 18.6. The van der Waals surface area contributed by atoms with Crippen LogP contribution >= 0.6 is 11.6 Å². The number of aromatic nitrogens is 1. The van der Waals surface area contributed by atoms with E-state index in [-0.39, 0.29) is 11.0 Å². The van der Waals surface area contributed by atoms with Gasteiger partial charge < -0.3 is 14.5 Å². The van der Waals surface area contributed by atoms with Crippen LogP contribution in [0.25, 0.3) is 0 Å². The fraction of sp³-hybridized carbons (Fsp3) is 0.600. The molecule has 0 radical (unpaired) electrons. The number of anilines is 1. The zero-order chi connectivity index (χ0) is 18.1. The van der Waals surface area contributed by atoms with Crippen LogP contribution in [-0.4, -0.2) is 47.8 Å². The van der Waals surface area contributed by atoms with E-state index in [9.17, 15) is 18.0 Å². The number of amides is 1. The summed E-state index contributed by atoms with van der Waals surface area (Å²) in [7, 11) is 0. The molecule has 0 aliphatic carbocycles. The first-order valence-corrected chi connectivity index (χ1v) is 7.81. The molecule has 1 aliphatic rings. The normalized spacial score (nSPS) is 16.3. The average Bonchev–Trinajstić information content (AvgIpc) is 2.44. The van der Waals surface area contributed by atoms with E-state index in [1.54, 1.807) is 25.7 Å². The number of hydrogen-bond donors (Lipinski definition) is 0. The Labute approximate surface area is 143 Å². The summed E-state index contributed by atoms with van der Waals surface area (Å²) in [4.78, 5) is 19.1. The fourth-order valence-electron chi connectivity index (χ4n) is 2.25. The molecule has 1 fully saturated rings. The van der Waals surface area contributed by atoms with Gasteiger partial charge in [0.25, 0.3) is 0 Å². The first-order valence-electron chi connectivity index (χ1n) is 7.43. The molecule has 0 aromatic carbocycles. The standard InChI is InChI=1S/C15H19ClF3N3O2/c1-14(2,3)24-13(23)22-6-4-21(5-7-22)12-9-10(15(17,18)19)8-11(16)20-12/h8-9H,4-7H2,1-3H3. The van der Waals surface area contributed by atoms with Crippen molar-refractivity contribution in [3.8, 4) is 0 Å². The second-order valence-electron chi connectivity index (χ2n) is 6.49. The maximum absolute atomic E-state index is 12.9. The summed E-state index contributed by atoms with van der Waals surface area (Å²) in [6.07, 6.45) is -4.92. The molecular formula is C15H19ClF3N3O2. The van der Waals surface area contributed by atoms with Crippen molar-refractivity contribution in [1.82, 2.24) is 9.88 Å². The maximum atomic E-state index is 12.9. The van der Waals surface area contributed by atoms with Gasteiger partial charge in [-0.1, -0.05) is 11.6 Å². The molecule has 134 valence electrons. The van der Waals surface area contributed by atoms with E-state index in [0.717, 1.165) is 12.1 Å². The van der Waals surface area contributed by atoms with Gasteiger partial charge in [-0.25, -0.2) is 9.78 Å². The van der Waals surface area contributed by atoms with E-state index < -0.39 is 23.4 Å². The summed E-state index contributed by atoms with van der Waals surface area (Å²) in [5.74, 6) is 0.152. The molecule has 1 saturated heterocycles. The third-order valence-corrected chi connectivity index (χ3v) is 3.56. The number of halogens is 4. The quantitative estimate of drug-likeness (QED) is 0.710. The molecule has 2 heterocycles. The van der Waals surface area contributed by atoms with Crippen LogP contribution in [0.1, 0.15) is 26.3 Å². The highest BCUT2D eigenvalue weighted by atomic mass is 35.5. The molecule has 1 aromatic heterocycles. The Kier molecular flexibility index (Phi) is 5.17. The van der Waals surface area contributed by atoms with Gasteiger partial charge in [-0.3, -0.25) is 0 Å². The van der Waals surface area contributed by atoms with Gasteiger partial charge in [0.15, 0.2) is 0 Å². The smallest absolute Gasteiger partial charge is 0.416 e. The Bertz CT molecular complexity index is 609. The summed E-state index contributed by atoms with van der Waals surface area (Å²) < 4.78 is 43.9. The number of ether oxygens (including phenoxy) is 1. The Hall–Kier alpha value is -1.70. The third kappa shape index (κ3) is 4.90. The van der Waals surface area contributed by atoms with Crippen LogP contribution < -0.4 is 4.90 Å². The number of rotatable bonds is 1. The number of alkyl halides is 3. The average molecular weight is 366 g/mol. The van der Waals surface area contributed by atoms with Crippen molar-refractivity contribution < 1.29 is 22.7 Å². The molecule has 5 nitrogen and oxygen atoms in total. The molecule has 0 N–H and O–H groups in total. The zero-order valence-corrected chi connectivity index (χ0v) is 14.4. The summed E-state index contributed by atoms with van der Waals surface area (Å²) in [6, 6.07) is 1.76. The van der Waals surface area contributed by atoms with E-state index in [1.807, 2.05) is 0 Å². The molecule has 0 bridgehead atoms. The van der Waals surface area contributed by atoms with Crippen LogP contribution in [-0.2, 0) is 10.9 Å². The van der Waals surface area contributed by atoms with Crippen LogP contribution in [0.4, 0.5) is 23.8 Å². The summed E-state index contributed by atoms with van der Waals surface area (Å²) >= 11 is 5.70. The highest BCUT2D eigenvalue weighted by Gasteiger charge is 2.33. The van der Waals surface area contributed by atoms with E-state index in [2.05, 4.69) is 4.98 Å². The Morgan fingerprint density at radius 2 is 1.75 bits per heavy atom. The van der Waals surface area contributed by atoms with Gasteiger partial charge in [0.05, 0.1) is 5.56 Å². The van der Waals surface area contributed by atoms with Crippen molar-refractivity contribution in [1.29, 1.82) is 0 Å². The highest BCUT2D eigenvalue weighted by Crippen LogP contribution is 2.33. The second-order valence-corrected chi connectivity index (χ2v) is 6.88. The largest absolute Gasteiger partial charge is 0.444 e. The number of hydrogen-bond acceptors (Lipinski definition) is 4. The molecule has 0 spiro atoms. The minimum absolute atomic E-state index is 0.152. The molecular weight excluding hydrogens is 347 g/mol. The maximum Gasteiger partial charge on any atom is 0.416 e. The third-order valence-electron chi connectivity index (χ3n) is 3.36. The number of carbonyl (C=O) groups is 1. The number of pyridine rings is 1. The van der Waals surface area contributed by atoms with Gasteiger partial charge in [0.2, 0.25) is 0 Å². The lowest BCUT2D eigenvalue weighted by atomic mass is 10.2. The number of piperazine rings is 1. The van der Waals surface area contributed by atoms with Crippen LogP contribution in [0.5, 0.6) is 0 Å². The second kappa shape index (κ2) is 6.66. The van der Waals surface area contributed by atoms with Gasteiger partial charge in [-0.15, -0.1) is 0 Å². The van der Waals surface area contributed by atoms with Crippen LogP contribution in [0, 0.1) is 0 Å². The van der Waals surface area contributed by atoms with Gasteiger partial charge >= 0.3 is 12.3 Å². The van der Waals surface area contributed by atoms with E-state index in [1.165, 1.54) is 4.90 Å². The summed E-state index contributed by atoms with van der Waals surface area (Å²) in [5, 5.41) is -0.214. The fourth-order valence-corrected chi connectivity index (χ4v) is 2.46. The lowest BCUT2D eigenvalue weighted by Crippen LogP contribution is -2.50. The molecule has 1 amide bonds. The van der Waals surface area contributed by atoms with Crippen molar-refractivity contribution in [2.45, 2.75) is 32.5 Å². The van der Waals surface area contributed by atoms with E-state index in [4.69, 9.17) is 16.3 Å². The molecule has 0 unspecified atom stereocenters. The van der Waals surface area contributed by atoms with Crippen LogP contribution in [0.2, 0.25) is 5.15 Å². The first-order chi connectivity index (χ1) is 11.0. The number of carbonyl (C=O) groups excluding carboxylic acids is 1. The zero-order valence-electron chi connectivity index (χ0n) is 13.7. The van der Waals surface area contributed by atoms with Gasteiger partial charge in [0.1, 0.15) is 16.6 Å². The minimum Gasteiger partial charge on any atom is -0.444 e. The predicted molar refractivity (Wildman–Crippen MR) is 84.3 cm³/mol. The lowest BCUT2D eigenvalue weighted by Gasteiger charge is -2.36. The van der Waals surface area contributed by atoms with Crippen LogP contribution in [0.3, 0.4) is 0 Å². The van der Waals surface area contributed by atoms with Gasteiger partial charge in [0, 0.05) is 26.2 Å². The Balaban J connectivity index is 2.05. The predicted octanol–water partition coefficient (Wildman–Crippen LogP) is 3.81. The molecule has 9 heteroatoms. The lowest BCUT2D eigenvalue weighted by molar-refractivity contribution is -0.137. The van der Waals surface area contributed by atoms with Crippen molar-refractivity contribution in [3.05, 3.63) is 22.8 Å². The molecule has 24 heavy (non-hydrogen) atoms. The van der Waals surface area contributed by atoms with Crippen LogP contribution in [0.15, 0.2) is 12.1 Å². The highest BCUT2D eigenvalue weighted by molar-refractivity contribution is 6.29. The SMILES string of the molecule is CC(C)(C)OC(=O)N1CCN(c2cc(C(F)(F)F)cc(Cl)n2)CC1. The van der Waals surface area contributed by atoms with Crippen molar-refractivity contribution in [3.63, 3.8) is 0 Å². The topological polar surface area (TPSA) is 45.7 Å². The molecule has 1 aromatic rings. The molecule has 1 aliphatic heterocycles. The Morgan fingerprint density at radius 3 is 2.25 bits per heavy atom. The van der Waals surface area contributed by atoms with Gasteiger partial charge in [-0.05, 0) is 32.9 Å². The van der Waals surface area contributed by atoms with E-state index in [0.29, 0.717) is 26.2 Å². The Morgan fingerprint density at radius 1 is 1.17 bits per heavy atom. The number of nitrogens with zero attached hydrogens (tertiary/aromatic N) is 3. The minimum atomic E-state index is -4.49. The van der Waals surface area contributed by atoms with Gasteiger partial charge in [-0.2, -0.15) is 13.2 Å². The molecule has 2 rings (SSSR count). The summed E-state index contributed by atoms with van der Waals surface area (Å²) in [6.45, 7) is 6.70. The molecule has 0 saturated carbocycles. The van der Waals surface area contributed by atoms with Crippen molar-refractivity contribution in [2.24, 2.45) is 0 Å². The van der Waals surface area contributed by atoms with Crippen molar-refractivity contribution in [2.75, 3.05) is 31.1 Å². The summed E-state index contributed by atoms with van der Waals surface area (Å²) in [5.41, 5.74) is -1.43. The monoisotopic (exact) mass is 365 g/mol. The molecule has 0 atom stereocenters.